The lowest BCUT2D eigenvalue weighted by Crippen LogP contribution is -2.32. The molecule has 0 radical (unpaired) electrons. The smallest absolute Gasteiger partial charge is 0.220 e. The van der Waals surface area contributed by atoms with Gasteiger partial charge in [0.25, 0.3) is 0 Å². The van der Waals surface area contributed by atoms with Crippen molar-refractivity contribution in [1.29, 1.82) is 0 Å². The third-order valence-corrected chi connectivity index (χ3v) is 5.69. The standard InChI is InChI=1S/C24H32N2O3.ClH/c1-28-21-8-3-19(4-9-21)17-23(20-6-10-22(29-2)11-7-20)26-24(27)12-5-18-13-15-25-16-14-18;/h3-4,6-11,18,23,25H,5,12-17H2,1-2H3,(H,26,27);1H. The number of nitrogens with one attached hydrogen (secondary N) is 2. The molecule has 0 bridgehead atoms. The fraction of sp³-hybridized carbons (Fsp3) is 0.458. The van der Waals surface area contributed by atoms with Gasteiger partial charge in [-0.2, -0.15) is 0 Å². The molecule has 3 rings (SSSR count). The maximum atomic E-state index is 12.7. The maximum Gasteiger partial charge on any atom is 0.220 e. The molecular weight excluding hydrogens is 400 g/mol. The second-order valence-corrected chi connectivity index (χ2v) is 7.68. The molecule has 2 aromatic rings. The van der Waals surface area contributed by atoms with Crippen molar-refractivity contribution in [3.05, 3.63) is 59.7 Å². The molecule has 0 aliphatic carbocycles. The number of carbonyl (C=O) groups excluding carboxylic acids is 1. The van der Waals surface area contributed by atoms with Crippen molar-refractivity contribution in [2.45, 2.75) is 38.1 Å². The van der Waals surface area contributed by atoms with E-state index in [1.54, 1.807) is 14.2 Å². The van der Waals surface area contributed by atoms with E-state index in [-0.39, 0.29) is 24.4 Å². The molecule has 2 aromatic carbocycles. The summed E-state index contributed by atoms with van der Waals surface area (Å²) in [6, 6.07) is 15.9. The molecular formula is C24H33ClN2O3. The molecule has 2 N–H and O–H groups in total. The zero-order valence-corrected chi connectivity index (χ0v) is 18.7. The van der Waals surface area contributed by atoms with E-state index >= 15 is 0 Å². The zero-order valence-electron chi connectivity index (χ0n) is 17.9. The topological polar surface area (TPSA) is 59.6 Å². The second-order valence-electron chi connectivity index (χ2n) is 7.68. The molecule has 0 saturated carbocycles. The SMILES string of the molecule is COc1ccc(CC(NC(=O)CCC2CCNCC2)c2ccc(OC)cc2)cc1.Cl. The number of benzene rings is 2. The summed E-state index contributed by atoms with van der Waals surface area (Å²) < 4.78 is 10.5. The summed E-state index contributed by atoms with van der Waals surface area (Å²) in [4.78, 5) is 12.7. The Balaban J connectivity index is 0.00000320. The van der Waals surface area contributed by atoms with E-state index in [1.165, 1.54) is 12.8 Å². The van der Waals surface area contributed by atoms with E-state index < -0.39 is 0 Å². The van der Waals surface area contributed by atoms with E-state index in [0.29, 0.717) is 12.3 Å². The molecule has 6 heteroatoms. The summed E-state index contributed by atoms with van der Waals surface area (Å²) in [5, 5.41) is 6.64. The summed E-state index contributed by atoms with van der Waals surface area (Å²) in [6.45, 7) is 2.14. The minimum absolute atomic E-state index is 0. The van der Waals surface area contributed by atoms with Crippen LogP contribution in [0.15, 0.2) is 48.5 Å². The molecule has 0 aromatic heterocycles. The predicted octanol–water partition coefficient (Wildman–Crippen LogP) is 4.31. The molecule has 30 heavy (non-hydrogen) atoms. The van der Waals surface area contributed by atoms with Crippen molar-refractivity contribution in [1.82, 2.24) is 10.6 Å². The normalized spacial score (nSPS) is 15.0. The van der Waals surface area contributed by atoms with Crippen LogP contribution in [0.1, 0.15) is 42.9 Å². The first-order chi connectivity index (χ1) is 14.2. The number of methoxy groups -OCH3 is 2. The van der Waals surface area contributed by atoms with Crippen LogP contribution in [-0.2, 0) is 11.2 Å². The van der Waals surface area contributed by atoms with Crippen molar-refractivity contribution in [3.8, 4) is 11.5 Å². The molecule has 1 amide bonds. The number of ether oxygens (including phenoxy) is 2. The lowest BCUT2D eigenvalue weighted by atomic mass is 9.92. The van der Waals surface area contributed by atoms with Crippen molar-refractivity contribution in [3.63, 3.8) is 0 Å². The molecule has 5 nitrogen and oxygen atoms in total. The average molecular weight is 433 g/mol. The Morgan fingerprint density at radius 1 is 1.00 bits per heavy atom. The molecule has 1 unspecified atom stereocenters. The average Bonchev–Trinajstić information content (AvgIpc) is 2.78. The van der Waals surface area contributed by atoms with Gasteiger partial charge in [0.2, 0.25) is 5.91 Å². The predicted molar refractivity (Wildman–Crippen MR) is 123 cm³/mol. The van der Waals surface area contributed by atoms with Gasteiger partial charge in [-0.15, -0.1) is 12.4 Å². The number of amides is 1. The summed E-state index contributed by atoms with van der Waals surface area (Å²) in [7, 11) is 3.32. The number of hydrogen-bond acceptors (Lipinski definition) is 4. The Labute approximate surface area is 186 Å². The lowest BCUT2D eigenvalue weighted by Gasteiger charge is -2.23. The van der Waals surface area contributed by atoms with Gasteiger partial charge in [0, 0.05) is 6.42 Å². The largest absolute Gasteiger partial charge is 0.497 e. The fourth-order valence-corrected chi connectivity index (χ4v) is 3.86. The van der Waals surface area contributed by atoms with Crippen LogP contribution in [0.3, 0.4) is 0 Å². The summed E-state index contributed by atoms with van der Waals surface area (Å²) >= 11 is 0. The van der Waals surface area contributed by atoms with Gasteiger partial charge in [-0.25, -0.2) is 0 Å². The van der Waals surface area contributed by atoms with Gasteiger partial charge < -0.3 is 20.1 Å². The quantitative estimate of drug-likeness (QED) is 0.620. The minimum atomic E-state index is -0.0742. The van der Waals surface area contributed by atoms with E-state index in [2.05, 4.69) is 22.8 Å². The van der Waals surface area contributed by atoms with E-state index in [0.717, 1.165) is 48.6 Å². The van der Waals surface area contributed by atoms with Gasteiger partial charge >= 0.3 is 0 Å². The first-order valence-corrected chi connectivity index (χ1v) is 10.4. The molecule has 1 aliphatic heterocycles. The number of piperidine rings is 1. The minimum Gasteiger partial charge on any atom is -0.497 e. The highest BCUT2D eigenvalue weighted by Crippen LogP contribution is 2.24. The van der Waals surface area contributed by atoms with Crippen LogP contribution in [0.5, 0.6) is 11.5 Å². The monoisotopic (exact) mass is 432 g/mol. The first-order valence-electron chi connectivity index (χ1n) is 10.4. The molecule has 0 spiro atoms. The Bertz CT molecular complexity index is 759. The molecule has 1 aliphatic rings. The number of carbonyl (C=O) groups is 1. The molecule has 1 saturated heterocycles. The van der Waals surface area contributed by atoms with Crippen LogP contribution in [0.25, 0.3) is 0 Å². The molecule has 1 atom stereocenters. The summed E-state index contributed by atoms with van der Waals surface area (Å²) in [5.41, 5.74) is 2.24. The van der Waals surface area contributed by atoms with Crippen LogP contribution in [0.4, 0.5) is 0 Å². The number of halogens is 1. The number of rotatable bonds is 9. The van der Waals surface area contributed by atoms with Gasteiger partial charge in [0.1, 0.15) is 11.5 Å². The van der Waals surface area contributed by atoms with E-state index in [4.69, 9.17) is 9.47 Å². The molecule has 164 valence electrons. The second kappa shape index (κ2) is 12.5. The lowest BCUT2D eigenvalue weighted by molar-refractivity contribution is -0.122. The Morgan fingerprint density at radius 2 is 1.57 bits per heavy atom. The van der Waals surface area contributed by atoms with E-state index in [9.17, 15) is 4.79 Å². The van der Waals surface area contributed by atoms with Crippen molar-refractivity contribution in [2.75, 3.05) is 27.3 Å². The van der Waals surface area contributed by atoms with Gasteiger partial charge in [-0.05, 0) is 80.1 Å². The molecule has 1 heterocycles. The summed E-state index contributed by atoms with van der Waals surface area (Å²) in [6.07, 6.45) is 4.61. The van der Waals surface area contributed by atoms with Crippen LogP contribution < -0.4 is 20.1 Å². The third-order valence-electron chi connectivity index (χ3n) is 5.69. The van der Waals surface area contributed by atoms with Crippen LogP contribution in [0.2, 0.25) is 0 Å². The highest BCUT2D eigenvalue weighted by Gasteiger charge is 2.18. The maximum absolute atomic E-state index is 12.7. The number of hydrogen-bond donors (Lipinski definition) is 2. The Hall–Kier alpha value is -2.24. The van der Waals surface area contributed by atoms with Gasteiger partial charge in [-0.3, -0.25) is 4.79 Å². The zero-order chi connectivity index (χ0) is 20.5. The third kappa shape index (κ3) is 7.22. The van der Waals surface area contributed by atoms with Crippen LogP contribution in [0, 0.1) is 5.92 Å². The summed E-state index contributed by atoms with van der Waals surface area (Å²) in [5.74, 6) is 2.43. The van der Waals surface area contributed by atoms with Gasteiger partial charge in [0.15, 0.2) is 0 Å². The Morgan fingerprint density at radius 3 is 2.13 bits per heavy atom. The van der Waals surface area contributed by atoms with Crippen molar-refractivity contribution in [2.24, 2.45) is 5.92 Å². The highest BCUT2D eigenvalue weighted by atomic mass is 35.5. The van der Waals surface area contributed by atoms with Crippen molar-refractivity contribution < 1.29 is 14.3 Å². The van der Waals surface area contributed by atoms with Gasteiger partial charge in [0.05, 0.1) is 20.3 Å². The van der Waals surface area contributed by atoms with Gasteiger partial charge in [-0.1, -0.05) is 24.3 Å². The van der Waals surface area contributed by atoms with Crippen LogP contribution in [-0.4, -0.2) is 33.2 Å². The highest BCUT2D eigenvalue weighted by molar-refractivity contribution is 5.85. The van der Waals surface area contributed by atoms with E-state index in [1.807, 2.05) is 36.4 Å². The Kier molecular flexibility index (Phi) is 9.98. The van der Waals surface area contributed by atoms with Crippen LogP contribution >= 0.6 is 12.4 Å². The first kappa shape index (κ1) is 24.0. The fourth-order valence-electron chi connectivity index (χ4n) is 3.86. The molecule has 1 fully saturated rings. The van der Waals surface area contributed by atoms with Crippen molar-refractivity contribution >= 4 is 18.3 Å².